The molecule has 0 aliphatic carbocycles. The third kappa shape index (κ3) is 4.27. The summed E-state index contributed by atoms with van der Waals surface area (Å²) in [5.41, 5.74) is 7.99. The summed E-state index contributed by atoms with van der Waals surface area (Å²) >= 11 is 0. The molecule has 0 spiro atoms. The molecule has 28 heavy (non-hydrogen) atoms. The second kappa shape index (κ2) is 8.33. The second-order valence-electron chi connectivity index (χ2n) is 7.42. The summed E-state index contributed by atoms with van der Waals surface area (Å²) in [5.74, 6) is 0.355. The summed E-state index contributed by atoms with van der Waals surface area (Å²) in [4.78, 5) is 32.4. The van der Waals surface area contributed by atoms with E-state index in [1.54, 1.807) is 6.20 Å². The molecule has 1 aromatic heterocycles. The molecule has 0 bridgehead atoms. The minimum atomic E-state index is -0.242. The summed E-state index contributed by atoms with van der Waals surface area (Å²) < 4.78 is 1.95. The van der Waals surface area contributed by atoms with Gasteiger partial charge in [0, 0.05) is 45.5 Å². The fourth-order valence-corrected chi connectivity index (χ4v) is 3.55. The molecule has 8 nitrogen and oxygen atoms in total. The second-order valence-corrected chi connectivity index (χ2v) is 7.42. The molecule has 1 saturated heterocycles. The Bertz CT molecular complexity index is 843. The van der Waals surface area contributed by atoms with Crippen LogP contribution in [0.1, 0.15) is 28.9 Å². The Kier molecular flexibility index (Phi) is 5.87. The Balaban J connectivity index is 1.60. The molecular formula is C20H28N6O2. The van der Waals surface area contributed by atoms with E-state index in [1.807, 2.05) is 54.9 Å². The highest BCUT2D eigenvalue weighted by Gasteiger charge is 2.24. The zero-order valence-electron chi connectivity index (χ0n) is 16.7. The number of hydrogen-bond donors (Lipinski definition) is 2. The van der Waals surface area contributed by atoms with Crippen molar-refractivity contribution < 1.29 is 9.59 Å². The van der Waals surface area contributed by atoms with Crippen LogP contribution < -0.4 is 20.9 Å². The maximum Gasteiger partial charge on any atom is 0.251 e. The lowest BCUT2D eigenvalue weighted by Crippen LogP contribution is -2.41. The van der Waals surface area contributed by atoms with E-state index in [2.05, 4.69) is 15.2 Å². The van der Waals surface area contributed by atoms with Gasteiger partial charge in [0.2, 0.25) is 11.9 Å². The smallest absolute Gasteiger partial charge is 0.251 e. The van der Waals surface area contributed by atoms with Gasteiger partial charge in [0.05, 0.1) is 24.4 Å². The number of primary amides is 1. The third-order valence-electron chi connectivity index (χ3n) is 5.21. The van der Waals surface area contributed by atoms with Crippen molar-refractivity contribution in [2.75, 3.05) is 37.0 Å². The van der Waals surface area contributed by atoms with E-state index >= 15 is 0 Å². The molecule has 3 N–H and O–H groups in total. The molecule has 2 aromatic rings. The van der Waals surface area contributed by atoms with Crippen LogP contribution in [0, 0.1) is 5.92 Å². The summed E-state index contributed by atoms with van der Waals surface area (Å²) in [6.45, 7) is 1.93. The SMILES string of the molecule is CN(C)c1ncc(CNC(=O)c2ccc(N3CCCC(C(N)=O)C3)cc2)n1C. The number of hydrogen-bond acceptors (Lipinski definition) is 5. The van der Waals surface area contributed by atoms with E-state index in [1.165, 1.54) is 0 Å². The Labute approximate surface area is 165 Å². The van der Waals surface area contributed by atoms with Crippen LogP contribution in [0.15, 0.2) is 30.5 Å². The van der Waals surface area contributed by atoms with Crippen molar-refractivity contribution in [2.24, 2.45) is 18.7 Å². The van der Waals surface area contributed by atoms with Crippen molar-refractivity contribution >= 4 is 23.5 Å². The van der Waals surface area contributed by atoms with Gasteiger partial charge in [-0.15, -0.1) is 0 Å². The van der Waals surface area contributed by atoms with Crippen molar-refractivity contribution in [2.45, 2.75) is 19.4 Å². The molecule has 1 unspecified atom stereocenters. The number of benzene rings is 1. The van der Waals surface area contributed by atoms with Gasteiger partial charge in [-0.1, -0.05) is 0 Å². The Hall–Kier alpha value is -3.03. The lowest BCUT2D eigenvalue weighted by atomic mass is 9.97. The van der Waals surface area contributed by atoms with Crippen LogP contribution in [0.3, 0.4) is 0 Å². The van der Waals surface area contributed by atoms with Gasteiger partial charge in [0.25, 0.3) is 5.91 Å². The Morgan fingerprint density at radius 1 is 1.29 bits per heavy atom. The number of amides is 2. The number of nitrogens with two attached hydrogens (primary N) is 1. The van der Waals surface area contributed by atoms with Crippen molar-refractivity contribution in [1.29, 1.82) is 0 Å². The monoisotopic (exact) mass is 384 g/mol. The molecule has 1 aliphatic heterocycles. The summed E-state index contributed by atoms with van der Waals surface area (Å²) in [6, 6.07) is 7.47. The zero-order chi connectivity index (χ0) is 20.3. The standard InChI is InChI=1S/C20H28N6O2/c1-24(2)20-23-12-17(25(20)3)11-22-19(28)14-6-8-16(9-7-14)26-10-4-5-15(13-26)18(21)27/h6-9,12,15H,4-5,10-11,13H2,1-3H3,(H2,21,27)(H,22,28). The van der Waals surface area contributed by atoms with E-state index in [9.17, 15) is 9.59 Å². The maximum atomic E-state index is 12.5. The predicted molar refractivity (Wildman–Crippen MR) is 109 cm³/mol. The zero-order valence-corrected chi connectivity index (χ0v) is 16.7. The van der Waals surface area contributed by atoms with Gasteiger partial charge in [0.1, 0.15) is 0 Å². The fraction of sp³-hybridized carbons (Fsp3) is 0.450. The minimum Gasteiger partial charge on any atom is -0.371 e. The largest absolute Gasteiger partial charge is 0.371 e. The first-order valence-corrected chi connectivity index (χ1v) is 9.47. The molecule has 0 saturated carbocycles. The molecule has 1 atom stereocenters. The van der Waals surface area contributed by atoms with Crippen LogP contribution in [0.25, 0.3) is 0 Å². The van der Waals surface area contributed by atoms with Crippen LogP contribution in [0.2, 0.25) is 0 Å². The summed E-state index contributed by atoms with van der Waals surface area (Å²) in [7, 11) is 5.79. The topological polar surface area (TPSA) is 96.5 Å². The molecular weight excluding hydrogens is 356 g/mol. The number of nitrogens with zero attached hydrogens (tertiary/aromatic N) is 4. The number of piperidine rings is 1. The van der Waals surface area contributed by atoms with Gasteiger partial charge in [-0.3, -0.25) is 9.59 Å². The first-order chi connectivity index (χ1) is 13.4. The molecule has 8 heteroatoms. The maximum absolute atomic E-state index is 12.5. The molecule has 2 heterocycles. The number of imidazole rings is 1. The highest BCUT2D eigenvalue weighted by atomic mass is 16.2. The molecule has 3 rings (SSSR count). The molecule has 150 valence electrons. The number of carbonyl (C=O) groups excluding carboxylic acids is 2. The van der Waals surface area contributed by atoms with Crippen LogP contribution in [0.5, 0.6) is 0 Å². The Morgan fingerprint density at radius 3 is 2.61 bits per heavy atom. The van der Waals surface area contributed by atoms with E-state index in [0.717, 1.165) is 36.7 Å². The highest BCUT2D eigenvalue weighted by molar-refractivity contribution is 5.94. The van der Waals surface area contributed by atoms with E-state index in [-0.39, 0.29) is 17.7 Å². The van der Waals surface area contributed by atoms with Crippen molar-refractivity contribution in [3.63, 3.8) is 0 Å². The minimum absolute atomic E-state index is 0.109. The van der Waals surface area contributed by atoms with Gasteiger partial charge in [0.15, 0.2) is 0 Å². The highest BCUT2D eigenvalue weighted by Crippen LogP contribution is 2.23. The van der Waals surface area contributed by atoms with Gasteiger partial charge in [-0.25, -0.2) is 4.98 Å². The number of anilines is 2. The van der Waals surface area contributed by atoms with Crippen LogP contribution in [0.4, 0.5) is 11.6 Å². The van der Waals surface area contributed by atoms with Gasteiger partial charge in [-0.05, 0) is 37.1 Å². The van der Waals surface area contributed by atoms with Crippen LogP contribution in [-0.4, -0.2) is 48.6 Å². The fourth-order valence-electron chi connectivity index (χ4n) is 3.55. The van der Waals surface area contributed by atoms with E-state index < -0.39 is 0 Å². The normalized spacial score (nSPS) is 16.7. The van der Waals surface area contributed by atoms with Gasteiger partial charge in [-0.2, -0.15) is 0 Å². The average Bonchev–Trinajstić information content (AvgIpc) is 3.07. The molecule has 2 amide bonds. The number of carbonyl (C=O) groups is 2. The van der Waals surface area contributed by atoms with E-state index in [0.29, 0.717) is 18.7 Å². The number of rotatable bonds is 6. The lowest BCUT2D eigenvalue weighted by molar-refractivity contribution is -0.122. The summed E-state index contributed by atoms with van der Waals surface area (Å²) in [5, 5.41) is 2.94. The first kappa shape index (κ1) is 19.7. The molecule has 0 radical (unpaired) electrons. The van der Waals surface area contributed by atoms with Crippen LogP contribution >= 0.6 is 0 Å². The quantitative estimate of drug-likeness (QED) is 0.778. The van der Waals surface area contributed by atoms with Gasteiger partial charge < -0.3 is 25.4 Å². The summed E-state index contributed by atoms with van der Waals surface area (Å²) in [6.07, 6.45) is 3.55. The van der Waals surface area contributed by atoms with Crippen LogP contribution in [-0.2, 0) is 18.4 Å². The number of aromatic nitrogens is 2. The average molecular weight is 384 g/mol. The molecule has 1 aromatic carbocycles. The lowest BCUT2D eigenvalue weighted by Gasteiger charge is -2.33. The van der Waals surface area contributed by atoms with Crippen molar-refractivity contribution in [3.8, 4) is 0 Å². The van der Waals surface area contributed by atoms with Crippen molar-refractivity contribution in [1.82, 2.24) is 14.9 Å². The van der Waals surface area contributed by atoms with Crippen molar-refractivity contribution in [3.05, 3.63) is 41.7 Å². The molecule has 1 aliphatic rings. The Morgan fingerprint density at radius 2 is 2.00 bits per heavy atom. The van der Waals surface area contributed by atoms with Gasteiger partial charge >= 0.3 is 0 Å². The molecule has 1 fully saturated rings. The predicted octanol–water partition coefficient (Wildman–Crippen LogP) is 1.12. The third-order valence-corrected chi connectivity index (χ3v) is 5.21. The first-order valence-electron chi connectivity index (χ1n) is 9.47. The van der Waals surface area contributed by atoms with E-state index in [4.69, 9.17) is 5.73 Å². The number of nitrogens with one attached hydrogen (secondary N) is 1.